The topological polar surface area (TPSA) is 0 Å². The molecule has 0 heterocycles. The van der Waals surface area contributed by atoms with Crippen LogP contribution in [0.15, 0.2) is 109 Å². The van der Waals surface area contributed by atoms with Crippen molar-refractivity contribution in [2.75, 3.05) is 0 Å². The van der Waals surface area contributed by atoms with Crippen LogP contribution in [0.1, 0.15) is 11.1 Å². The minimum absolute atomic E-state index is 0.484. The van der Waals surface area contributed by atoms with Gasteiger partial charge in [-0.2, -0.15) is 13.2 Å². The van der Waals surface area contributed by atoms with Crippen molar-refractivity contribution >= 4 is 32.3 Å². The zero-order chi connectivity index (χ0) is 24.9. The molecule has 0 saturated heterocycles. The molecule has 0 radical (unpaired) electrons. The van der Waals surface area contributed by atoms with Crippen molar-refractivity contribution in [2.24, 2.45) is 0 Å². The predicted octanol–water partition coefficient (Wildman–Crippen LogP) is 9.97. The van der Waals surface area contributed by atoms with Crippen LogP contribution in [-0.4, -0.2) is 0 Å². The van der Waals surface area contributed by atoms with Crippen LogP contribution in [0.4, 0.5) is 17.6 Å². The lowest BCUT2D eigenvalue weighted by Gasteiger charge is -2.14. The maximum absolute atomic E-state index is 13.0. The smallest absolute Gasteiger partial charge is 0.246 e. The minimum atomic E-state index is -4.36. The summed E-state index contributed by atoms with van der Waals surface area (Å²) in [6.45, 7) is -0.484. The van der Waals surface area contributed by atoms with Crippen LogP contribution in [0.25, 0.3) is 54.6 Å². The van der Waals surface area contributed by atoms with E-state index in [0.29, 0.717) is 5.56 Å². The molecule has 6 aromatic rings. The maximum atomic E-state index is 13.0. The van der Waals surface area contributed by atoms with E-state index >= 15 is 0 Å². The van der Waals surface area contributed by atoms with Crippen molar-refractivity contribution in [3.05, 3.63) is 120 Å². The van der Waals surface area contributed by atoms with E-state index in [-0.39, 0.29) is 0 Å². The van der Waals surface area contributed by atoms with Crippen LogP contribution in [0.2, 0.25) is 0 Å². The van der Waals surface area contributed by atoms with Gasteiger partial charge in [-0.15, -0.1) is 0 Å². The van der Waals surface area contributed by atoms with Gasteiger partial charge in [0.05, 0.1) is 5.56 Å². The molecule has 0 saturated carbocycles. The quantitative estimate of drug-likeness (QED) is 0.175. The summed E-state index contributed by atoms with van der Waals surface area (Å²) in [6, 6.07) is 33.3. The maximum Gasteiger partial charge on any atom is 0.416 e. The lowest BCUT2D eigenvalue weighted by atomic mass is 9.90. The van der Waals surface area contributed by atoms with Gasteiger partial charge in [-0.3, -0.25) is 0 Å². The normalized spacial score (nSPS) is 12.0. The molecule has 0 N–H and O–H groups in total. The molecule has 0 aromatic heterocycles. The Morgan fingerprint density at radius 1 is 0.444 bits per heavy atom. The highest BCUT2D eigenvalue weighted by Crippen LogP contribution is 2.39. The predicted molar refractivity (Wildman–Crippen MR) is 140 cm³/mol. The summed E-state index contributed by atoms with van der Waals surface area (Å²) < 4.78 is 52.1. The first-order valence-corrected chi connectivity index (χ1v) is 11.6. The van der Waals surface area contributed by atoms with Gasteiger partial charge in [0.15, 0.2) is 0 Å². The highest BCUT2D eigenvalue weighted by Gasteiger charge is 2.30. The number of fused-ring (bicyclic) bond motifs is 5. The Labute approximate surface area is 205 Å². The molecule has 0 aliphatic rings. The molecule has 0 nitrogen and oxygen atoms in total. The number of halogens is 4. The number of hydrogen-bond donors (Lipinski definition) is 0. The second-order valence-corrected chi connectivity index (χ2v) is 8.93. The van der Waals surface area contributed by atoms with Crippen molar-refractivity contribution < 1.29 is 17.6 Å². The molecule has 36 heavy (non-hydrogen) atoms. The second kappa shape index (κ2) is 8.49. The molecule has 0 aliphatic carbocycles. The van der Waals surface area contributed by atoms with Gasteiger partial charge < -0.3 is 0 Å². The number of hydrogen-bond acceptors (Lipinski definition) is 0. The van der Waals surface area contributed by atoms with Gasteiger partial charge in [0, 0.05) is 0 Å². The SMILES string of the molecule is FCc1ccc(-c2cccc3c2ccc2c4cccc(-c5ccc(C(F)(F)F)cc5)c4ccc32)cc1. The average molecular weight is 481 g/mol. The highest BCUT2D eigenvalue weighted by atomic mass is 19.4. The molecular weight excluding hydrogens is 460 g/mol. The Kier molecular flexibility index (Phi) is 5.26. The summed E-state index contributed by atoms with van der Waals surface area (Å²) in [5.41, 5.74) is 3.75. The van der Waals surface area contributed by atoms with E-state index in [1.54, 1.807) is 0 Å². The summed E-state index contributed by atoms with van der Waals surface area (Å²) in [5.74, 6) is 0. The molecule has 6 rings (SSSR count). The first-order valence-electron chi connectivity index (χ1n) is 11.6. The van der Waals surface area contributed by atoms with Crippen LogP contribution < -0.4 is 0 Å². The van der Waals surface area contributed by atoms with E-state index < -0.39 is 18.4 Å². The van der Waals surface area contributed by atoms with Crippen LogP contribution in [0, 0.1) is 0 Å². The van der Waals surface area contributed by atoms with Crippen molar-refractivity contribution in [2.45, 2.75) is 12.9 Å². The first kappa shape index (κ1) is 22.3. The monoisotopic (exact) mass is 480 g/mol. The molecule has 0 spiro atoms. The summed E-state index contributed by atoms with van der Waals surface area (Å²) in [7, 11) is 0. The van der Waals surface area contributed by atoms with E-state index in [9.17, 15) is 17.6 Å². The standard InChI is InChI=1S/C32H20F4/c33-19-20-7-9-21(10-8-20)24-3-1-5-26-28(24)15-17-31-27-6-2-4-25(29(27)16-18-30(26)31)22-11-13-23(14-12-22)32(34,35)36/h1-18H,19H2. The van der Waals surface area contributed by atoms with Crippen molar-refractivity contribution in [3.63, 3.8) is 0 Å². The van der Waals surface area contributed by atoms with Gasteiger partial charge in [-0.25, -0.2) is 4.39 Å². The number of benzene rings is 6. The van der Waals surface area contributed by atoms with Crippen LogP contribution in [0.5, 0.6) is 0 Å². The molecule has 0 amide bonds. The average Bonchev–Trinajstić information content (AvgIpc) is 2.91. The van der Waals surface area contributed by atoms with E-state index in [0.717, 1.165) is 66.7 Å². The largest absolute Gasteiger partial charge is 0.416 e. The van der Waals surface area contributed by atoms with E-state index in [1.165, 1.54) is 12.1 Å². The van der Waals surface area contributed by atoms with E-state index in [1.807, 2.05) is 48.5 Å². The van der Waals surface area contributed by atoms with Crippen molar-refractivity contribution in [1.82, 2.24) is 0 Å². The Balaban J connectivity index is 1.52. The van der Waals surface area contributed by atoms with Gasteiger partial charge in [0.25, 0.3) is 0 Å². The van der Waals surface area contributed by atoms with E-state index in [2.05, 4.69) is 36.4 Å². The molecular formula is C32H20F4. The number of rotatable bonds is 3. The van der Waals surface area contributed by atoms with Crippen LogP contribution >= 0.6 is 0 Å². The van der Waals surface area contributed by atoms with Gasteiger partial charge in [-0.05, 0) is 72.3 Å². The molecule has 0 unspecified atom stereocenters. The Morgan fingerprint density at radius 3 is 1.31 bits per heavy atom. The zero-order valence-electron chi connectivity index (χ0n) is 19.1. The molecule has 6 aromatic carbocycles. The van der Waals surface area contributed by atoms with Gasteiger partial charge in [0.1, 0.15) is 6.67 Å². The molecule has 4 heteroatoms. The third-order valence-electron chi connectivity index (χ3n) is 6.86. The van der Waals surface area contributed by atoms with Crippen molar-refractivity contribution in [3.8, 4) is 22.3 Å². The Morgan fingerprint density at radius 2 is 0.861 bits per heavy atom. The Bertz CT molecular complexity index is 1730. The molecule has 0 fully saturated rings. The number of alkyl halides is 4. The lowest BCUT2D eigenvalue weighted by molar-refractivity contribution is -0.137. The third kappa shape index (κ3) is 3.70. The zero-order valence-corrected chi connectivity index (χ0v) is 19.1. The molecule has 0 bridgehead atoms. The van der Waals surface area contributed by atoms with Gasteiger partial charge in [-0.1, -0.05) is 97.1 Å². The summed E-state index contributed by atoms with van der Waals surface area (Å²) in [5, 5.41) is 6.44. The van der Waals surface area contributed by atoms with Gasteiger partial charge >= 0.3 is 6.18 Å². The lowest BCUT2D eigenvalue weighted by Crippen LogP contribution is -2.03. The Hall–Kier alpha value is -4.18. The molecule has 176 valence electrons. The van der Waals surface area contributed by atoms with Crippen molar-refractivity contribution in [1.29, 1.82) is 0 Å². The first-order chi connectivity index (χ1) is 17.4. The summed E-state index contributed by atoms with van der Waals surface area (Å²) >= 11 is 0. The molecule has 0 atom stereocenters. The fourth-order valence-electron chi connectivity index (χ4n) is 5.06. The van der Waals surface area contributed by atoms with Crippen LogP contribution in [0.3, 0.4) is 0 Å². The highest BCUT2D eigenvalue weighted by molar-refractivity contribution is 6.21. The fourth-order valence-corrected chi connectivity index (χ4v) is 5.06. The minimum Gasteiger partial charge on any atom is -0.246 e. The van der Waals surface area contributed by atoms with Gasteiger partial charge in [0.2, 0.25) is 0 Å². The van der Waals surface area contributed by atoms with E-state index in [4.69, 9.17) is 0 Å². The second-order valence-electron chi connectivity index (χ2n) is 8.93. The fraction of sp³-hybridized carbons (Fsp3) is 0.0625. The van der Waals surface area contributed by atoms with Crippen LogP contribution in [-0.2, 0) is 12.9 Å². The summed E-state index contributed by atoms with van der Waals surface area (Å²) in [6.07, 6.45) is -4.36. The summed E-state index contributed by atoms with van der Waals surface area (Å²) in [4.78, 5) is 0. The molecule has 0 aliphatic heterocycles. The third-order valence-corrected chi connectivity index (χ3v) is 6.86.